The summed E-state index contributed by atoms with van der Waals surface area (Å²) in [4.78, 5) is 30.9. The van der Waals surface area contributed by atoms with E-state index in [-0.39, 0.29) is 29.3 Å². The third-order valence-corrected chi connectivity index (χ3v) is 11.1. The van der Waals surface area contributed by atoms with Crippen molar-refractivity contribution in [2.45, 2.75) is 83.0 Å². The first kappa shape index (κ1) is 31.1. The van der Waals surface area contributed by atoms with Gasteiger partial charge in [0.15, 0.2) is 0 Å². The molecule has 48 heavy (non-hydrogen) atoms. The molecule has 4 aromatic rings. The molecule has 2 aliphatic carbocycles. The van der Waals surface area contributed by atoms with E-state index in [1.54, 1.807) is 19.1 Å². The number of hydrogen-bond acceptors (Lipinski definition) is 5. The molecule has 2 saturated heterocycles. The molecule has 2 saturated carbocycles. The average molecular weight is 650 g/mol. The lowest BCUT2D eigenvalue weighted by atomic mass is 9.76. The maximum absolute atomic E-state index is 15.4. The van der Waals surface area contributed by atoms with Crippen molar-refractivity contribution in [3.63, 3.8) is 0 Å². The van der Waals surface area contributed by atoms with E-state index in [2.05, 4.69) is 20.4 Å². The molecule has 0 spiro atoms. The predicted octanol–water partition coefficient (Wildman–Crippen LogP) is 7.50. The molecule has 4 aliphatic rings. The van der Waals surface area contributed by atoms with Crippen molar-refractivity contribution in [3.8, 4) is 0 Å². The Bertz CT molecular complexity index is 1790. The van der Waals surface area contributed by atoms with Gasteiger partial charge in [0.1, 0.15) is 5.82 Å². The molecule has 0 bridgehead atoms. The number of ether oxygens (including phenoxy) is 1. The Labute approximate surface area is 281 Å². The summed E-state index contributed by atoms with van der Waals surface area (Å²) < 4.78 is 23.0. The molecule has 8 nitrogen and oxygen atoms in total. The van der Waals surface area contributed by atoms with Gasteiger partial charge in [0.2, 0.25) is 5.91 Å². The number of aryl methyl sites for hydroxylation is 1. The van der Waals surface area contributed by atoms with Crippen molar-refractivity contribution in [2.75, 3.05) is 23.8 Å². The van der Waals surface area contributed by atoms with Crippen LogP contribution in [-0.2, 0) is 16.1 Å². The maximum Gasteiger partial charge on any atom is 0.257 e. The molecule has 3 aromatic carbocycles. The van der Waals surface area contributed by atoms with Crippen LogP contribution in [0.15, 0.2) is 66.9 Å². The third-order valence-electron chi connectivity index (χ3n) is 11.1. The number of anilines is 2. The monoisotopic (exact) mass is 649 g/mol. The number of piperidine rings is 1. The number of nitrogens with one attached hydrogen (secondary N) is 2. The first-order valence-corrected chi connectivity index (χ1v) is 17.7. The van der Waals surface area contributed by atoms with E-state index in [0.717, 1.165) is 74.0 Å². The topological polar surface area (TPSA) is 88.5 Å². The molecule has 8 rings (SSSR count). The van der Waals surface area contributed by atoms with Gasteiger partial charge in [-0.05, 0) is 111 Å². The van der Waals surface area contributed by atoms with Gasteiger partial charge in [-0.3, -0.25) is 14.3 Å². The summed E-state index contributed by atoms with van der Waals surface area (Å²) in [6.45, 7) is 4.21. The van der Waals surface area contributed by atoms with Gasteiger partial charge in [-0.25, -0.2) is 4.39 Å². The lowest BCUT2D eigenvalue weighted by Crippen LogP contribution is -2.54. The molecule has 4 atom stereocenters. The summed E-state index contributed by atoms with van der Waals surface area (Å²) in [5.41, 5.74) is 4.36. The maximum atomic E-state index is 15.4. The fraction of sp³-hybridized carbons (Fsp3) is 0.462. The molecule has 1 aromatic heterocycles. The number of carbonyl (C=O) groups excluding carboxylic acids is 2. The van der Waals surface area contributed by atoms with Crippen molar-refractivity contribution >= 4 is 34.1 Å². The number of hydrogen-bond donors (Lipinski definition) is 2. The van der Waals surface area contributed by atoms with Crippen LogP contribution in [0.1, 0.15) is 78.9 Å². The SMILES string of the molecule is Cc1cccc(F)c1C(=O)N1C2CCCC2CC(C(=O)Nc2ccc3c(cnn3CC3CC3)c2)C1c1ccc(NC2CCOCC2)cc1. The van der Waals surface area contributed by atoms with Crippen LogP contribution in [0.25, 0.3) is 10.9 Å². The van der Waals surface area contributed by atoms with E-state index in [4.69, 9.17) is 4.74 Å². The zero-order chi connectivity index (χ0) is 32.8. The minimum atomic E-state index is -0.544. The number of carbonyl (C=O) groups is 2. The highest BCUT2D eigenvalue weighted by Crippen LogP contribution is 2.49. The van der Waals surface area contributed by atoms with Crippen LogP contribution < -0.4 is 10.6 Å². The highest BCUT2D eigenvalue weighted by Gasteiger charge is 2.50. The quantitative estimate of drug-likeness (QED) is 0.207. The second-order valence-corrected chi connectivity index (χ2v) is 14.4. The van der Waals surface area contributed by atoms with Crippen molar-refractivity contribution < 1.29 is 18.7 Å². The number of aromatic nitrogens is 2. The summed E-state index contributed by atoms with van der Waals surface area (Å²) in [5.74, 6) is -0.609. The standard InChI is InChI=1S/C39H44FN5O3/c1-24-4-2-6-33(40)36(24)39(47)45-35-7-3-5-27(35)21-32(37(45)26-10-12-29(13-11-26)42-30-16-18-48-19-17-30)38(46)43-31-14-15-34-28(20-31)22-41-44(34)23-25-8-9-25/h2,4,6,10-15,20,22,25,27,30,32,35,37,42H,3,5,7-9,16-19,21,23H2,1H3,(H,43,46). The van der Waals surface area contributed by atoms with Crippen molar-refractivity contribution in [1.29, 1.82) is 0 Å². The van der Waals surface area contributed by atoms with Crippen molar-refractivity contribution in [1.82, 2.24) is 14.7 Å². The summed E-state index contributed by atoms with van der Waals surface area (Å²) in [7, 11) is 0. The average Bonchev–Trinajstić information content (AvgIpc) is 3.63. The predicted molar refractivity (Wildman–Crippen MR) is 184 cm³/mol. The van der Waals surface area contributed by atoms with Crippen molar-refractivity contribution in [3.05, 3.63) is 89.4 Å². The second-order valence-electron chi connectivity index (χ2n) is 14.4. The number of fused-ring (bicyclic) bond motifs is 2. The molecule has 9 heteroatoms. The van der Waals surface area contributed by atoms with E-state index in [9.17, 15) is 9.59 Å². The van der Waals surface area contributed by atoms with Crippen LogP contribution in [0.4, 0.5) is 15.8 Å². The largest absolute Gasteiger partial charge is 0.382 e. The molecule has 250 valence electrons. The fourth-order valence-corrected chi connectivity index (χ4v) is 8.41. The fourth-order valence-electron chi connectivity index (χ4n) is 8.41. The number of rotatable bonds is 8. The number of likely N-dealkylation sites (tertiary alicyclic amines) is 1. The van der Waals surface area contributed by atoms with Crippen LogP contribution >= 0.6 is 0 Å². The first-order chi connectivity index (χ1) is 23.4. The summed E-state index contributed by atoms with van der Waals surface area (Å²) in [6, 6.07) is 18.7. The van der Waals surface area contributed by atoms with Crippen LogP contribution in [-0.4, -0.2) is 51.8 Å². The van der Waals surface area contributed by atoms with E-state index in [1.807, 2.05) is 53.6 Å². The molecule has 4 fully saturated rings. The lowest BCUT2D eigenvalue weighted by molar-refractivity contribution is -0.125. The Balaban J connectivity index is 1.13. The van der Waals surface area contributed by atoms with E-state index in [0.29, 0.717) is 29.6 Å². The van der Waals surface area contributed by atoms with Crippen LogP contribution in [0.3, 0.4) is 0 Å². The first-order valence-electron chi connectivity index (χ1n) is 17.7. The van der Waals surface area contributed by atoms with Gasteiger partial charge in [0.05, 0.1) is 29.2 Å². The molecule has 4 unspecified atom stereocenters. The molecule has 2 amide bonds. The second kappa shape index (κ2) is 13.0. The molecular formula is C39H44FN5O3. The molecular weight excluding hydrogens is 605 g/mol. The van der Waals surface area contributed by atoms with Gasteiger partial charge in [-0.1, -0.05) is 30.7 Å². The van der Waals surface area contributed by atoms with E-state index < -0.39 is 17.8 Å². The number of halogens is 1. The highest BCUT2D eigenvalue weighted by atomic mass is 19.1. The minimum Gasteiger partial charge on any atom is -0.382 e. The Hall–Kier alpha value is -4.24. The van der Waals surface area contributed by atoms with Crippen LogP contribution in [0.2, 0.25) is 0 Å². The summed E-state index contributed by atoms with van der Waals surface area (Å²) in [6.07, 6.45) is 9.72. The highest BCUT2D eigenvalue weighted by molar-refractivity contribution is 5.99. The van der Waals surface area contributed by atoms with Gasteiger partial charge in [0.25, 0.3) is 5.91 Å². The van der Waals surface area contributed by atoms with E-state index >= 15 is 4.39 Å². The summed E-state index contributed by atoms with van der Waals surface area (Å²) in [5, 5.41) is 12.4. The Morgan fingerprint density at radius 3 is 2.52 bits per heavy atom. The normalized spacial score (nSPS) is 24.4. The zero-order valence-corrected chi connectivity index (χ0v) is 27.5. The zero-order valence-electron chi connectivity index (χ0n) is 27.5. The van der Waals surface area contributed by atoms with E-state index in [1.165, 1.54) is 18.9 Å². The Morgan fingerprint density at radius 1 is 0.958 bits per heavy atom. The number of amides is 2. The Morgan fingerprint density at radius 2 is 1.75 bits per heavy atom. The third kappa shape index (κ3) is 6.09. The molecule has 2 N–H and O–H groups in total. The molecule has 2 aliphatic heterocycles. The molecule has 3 heterocycles. The van der Waals surface area contributed by atoms with Crippen LogP contribution in [0.5, 0.6) is 0 Å². The van der Waals surface area contributed by atoms with Gasteiger partial charge in [-0.15, -0.1) is 0 Å². The van der Waals surface area contributed by atoms with Gasteiger partial charge < -0.3 is 20.3 Å². The Kier molecular flexibility index (Phi) is 8.41. The molecule has 0 radical (unpaired) electrons. The van der Waals surface area contributed by atoms with Crippen molar-refractivity contribution in [2.24, 2.45) is 17.8 Å². The van der Waals surface area contributed by atoms with Gasteiger partial charge in [-0.2, -0.15) is 5.10 Å². The minimum absolute atomic E-state index is 0.0562. The number of benzene rings is 3. The van der Waals surface area contributed by atoms with Crippen LogP contribution in [0, 0.1) is 30.5 Å². The smallest absolute Gasteiger partial charge is 0.257 e. The number of nitrogens with zero attached hydrogens (tertiary/aromatic N) is 3. The summed E-state index contributed by atoms with van der Waals surface area (Å²) >= 11 is 0. The van der Waals surface area contributed by atoms with Gasteiger partial charge in [0, 0.05) is 48.6 Å². The van der Waals surface area contributed by atoms with Gasteiger partial charge >= 0.3 is 0 Å². The lowest BCUT2D eigenvalue weighted by Gasteiger charge is -2.48.